The molecule has 5 nitrogen and oxygen atoms in total. The number of rotatable bonds is 5. The largest absolute Gasteiger partial charge is 0.375 e. The Morgan fingerprint density at radius 1 is 1.71 bits per heavy atom. The second-order valence-electron chi connectivity index (χ2n) is 2.93. The number of thiazole rings is 1. The molecule has 0 aliphatic rings. The molecule has 78 valence electrons. The van der Waals surface area contributed by atoms with E-state index in [0.717, 1.165) is 11.4 Å². The van der Waals surface area contributed by atoms with Crippen LogP contribution in [0, 0.1) is 0 Å². The van der Waals surface area contributed by atoms with Crippen molar-refractivity contribution in [2.24, 2.45) is 5.73 Å². The van der Waals surface area contributed by atoms with Crippen molar-refractivity contribution in [3.63, 3.8) is 0 Å². The number of aromatic nitrogens is 1. The summed E-state index contributed by atoms with van der Waals surface area (Å²) < 4.78 is 0. The molecule has 0 saturated heterocycles. The van der Waals surface area contributed by atoms with Crippen molar-refractivity contribution in [2.45, 2.75) is 13.5 Å². The molecule has 0 aromatic carbocycles. The van der Waals surface area contributed by atoms with Crippen LogP contribution >= 0.6 is 11.3 Å². The van der Waals surface area contributed by atoms with Crippen molar-refractivity contribution in [2.75, 3.05) is 18.8 Å². The molecule has 1 heterocycles. The molecule has 0 spiro atoms. The van der Waals surface area contributed by atoms with Crippen molar-refractivity contribution in [1.29, 1.82) is 0 Å². The average Bonchev–Trinajstić information content (AvgIpc) is 2.49. The third-order valence-corrected chi connectivity index (χ3v) is 2.59. The summed E-state index contributed by atoms with van der Waals surface area (Å²) in [6, 6.07) is 0. The van der Waals surface area contributed by atoms with Crippen molar-refractivity contribution in [3.05, 3.63) is 11.1 Å². The van der Waals surface area contributed by atoms with E-state index in [2.05, 4.69) is 4.98 Å². The molecule has 6 heteroatoms. The maximum Gasteiger partial charge on any atom is 0.231 e. The highest BCUT2D eigenvalue weighted by atomic mass is 32.1. The Kier molecular flexibility index (Phi) is 3.84. The van der Waals surface area contributed by atoms with Crippen LogP contribution in [0.25, 0.3) is 0 Å². The number of anilines is 1. The Morgan fingerprint density at radius 2 is 2.43 bits per heavy atom. The second-order valence-corrected chi connectivity index (χ2v) is 4.08. The molecular weight excluding hydrogens is 200 g/mol. The minimum absolute atomic E-state index is 0.272. The summed E-state index contributed by atoms with van der Waals surface area (Å²) in [5.41, 5.74) is 10.6. The molecule has 14 heavy (non-hydrogen) atoms. The maximum absolute atomic E-state index is 10.7. The lowest BCUT2D eigenvalue weighted by molar-refractivity contribution is -0.119. The highest BCUT2D eigenvalue weighted by Gasteiger charge is 2.08. The van der Waals surface area contributed by atoms with Gasteiger partial charge in [-0.2, -0.15) is 0 Å². The van der Waals surface area contributed by atoms with Crippen LogP contribution in [0.4, 0.5) is 5.13 Å². The van der Waals surface area contributed by atoms with Crippen LogP contribution in [-0.4, -0.2) is 28.9 Å². The zero-order valence-corrected chi connectivity index (χ0v) is 8.88. The highest BCUT2D eigenvalue weighted by molar-refractivity contribution is 7.15. The maximum atomic E-state index is 10.7. The van der Waals surface area contributed by atoms with Gasteiger partial charge in [0.1, 0.15) is 0 Å². The number of carbonyl (C=O) groups excluding carboxylic acids is 1. The number of nitrogens with zero attached hydrogens (tertiary/aromatic N) is 2. The van der Waals surface area contributed by atoms with Crippen LogP contribution in [0.2, 0.25) is 0 Å². The predicted molar refractivity (Wildman–Crippen MR) is 56.7 cm³/mol. The molecule has 1 rings (SSSR count). The Morgan fingerprint density at radius 3 is 2.86 bits per heavy atom. The molecule has 0 atom stereocenters. The molecule has 0 aliphatic heterocycles. The van der Waals surface area contributed by atoms with E-state index >= 15 is 0 Å². The number of nitrogens with two attached hydrogens (primary N) is 2. The van der Waals surface area contributed by atoms with Crippen molar-refractivity contribution in [3.8, 4) is 0 Å². The normalized spacial score (nSPS) is 10.7. The summed E-state index contributed by atoms with van der Waals surface area (Å²) in [6.07, 6.45) is 1.73. The Hall–Kier alpha value is -1.14. The highest BCUT2D eigenvalue weighted by Crippen LogP contribution is 2.16. The number of hydrogen-bond donors (Lipinski definition) is 2. The van der Waals surface area contributed by atoms with Crippen LogP contribution in [0.3, 0.4) is 0 Å². The van der Waals surface area contributed by atoms with Crippen molar-refractivity contribution >= 4 is 22.4 Å². The average molecular weight is 214 g/mol. The second kappa shape index (κ2) is 4.92. The van der Waals surface area contributed by atoms with Gasteiger partial charge < -0.3 is 11.5 Å². The van der Waals surface area contributed by atoms with Gasteiger partial charge in [0.15, 0.2) is 5.13 Å². The Bertz CT molecular complexity index is 312. The fraction of sp³-hybridized carbons (Fsp3) is 0.500. The van der Waals surface area contributed by atoms with Gasteiger partial charge in [0.05, 0.1) is 6.54 Å². The van der Waals surface area contributed by atoms with E-state index in [1.54, 1.807) is 6.20 Å². The fourth-order valence-corrected chi connectivity index (χ4v) is 1.84. The van der Waals surface area contributed by atoms with Gasteiger partial charge in [0.2, 0.25) is 5.91 Å². The first kappa shape index (κ1) is 10.9. The van der Waals surface area contributed by atoms with Gasteiger partial charge in [0, 0.05) is 17.6 Å². The Balaban J connectivity index is 2.52. The van der Waals surface area contributed by atoms with Crippen molar-refractivity contribution in [1.82, 2.24) is 9.88 Å². The van der Waals surface area contributed by atoms with Crippen LogP contribution in [0.5, 0.6) is 0 Å². The number of primary amides is 1. The number of nitrogen functional groups attached to an aromatic ring is 1. The van der Waals surface area contributed by atoms with E-state index in [-0.39, 0.29) is 12.5 Å². The van der Waals surface area contributed by atoms with E-state index in [1.807, 2.05) is 11.8 Å². The lowest BCUT2D eigenvalue weighted by Gasteiger charge is -2.16. The first-order valence-electron chi connectivity index (χ1n) is 4.32. The summed E-state index contributed by atoms with van der Waals surface area (Å²) in [5.74, 6) is -0.315. The topological polar surface area (TPSA) is 85.2 Å². The molecular formula is C8H14N4OS. The van der Waals surface area contributed by atoms with Crippen LogP contribution in [0.1, 0.15) is 11.8 Å². The third-order valence-electron chi connectivity index (χ3n) is 1.78. The number of likely N-dealkylation sites (N-methyl/N-ethyl adjacent to an activating group) is 1. The van der Waals surface area contributed by atoms with Crippen LogP contribution in [0.15, 0.2) is 6.20 Å². The molecule has 0 radical (unpaired) electrons. The van der Waals surface area contributed by atoms with Gasteiger partial charge in [-0.25, -0.2) is 4.98 Å². The van der Waals surface area contributed by atoms with Gasteiger partial charge in [0.25, 0.3) is 0 Å². The lowest BCUT2D eigenvalue weighted by Crippen LogP contribution is -2.32. The molecule has 1 aromatic rings. The summed E-state index contributed by atoms with van der Waals surface area (Å²) in [5, 5.41) is 0.551. The molecule has 0 unspecified atom stereocenters. The van der Waals surface area contributed by atoms with Crippen LogP contribution < -0.4 is 11.5 Å². The van der Waals surface area contributed by atoms with E-state index < -0.39 is 0 Å². The van der Waals surface area contributed by atoms with Gasteiger partial charge in [-0.05, 0) is 6.54 Å². The molecule has 1 amide bonds. The fourth-order valence-electron chi connectivity index (χ4n) is 1.12. The lowest BCUT2D eigenvalue weighted by atomic mass is 10.4. The minimum atomic E-state index is -0.315. The van der Waals surface area contributed by atoms with Gasteiger partial charge in [-0.15, -0.1) is 11.3 Å². The van der Waals surface area contributed by atoms with Gasteiger partial charge >= 0.3 is 0 Å². The Labute approximate surface area is 86.7 Å². The number of hydrogen-bond acceptors (Lipinski definition) is 5. The van der Waals surface area contributed by atoms with E-state index in [9.17, 15) is 4.79 Å². The standard InChI is InChI=1S/C8H14N4OS/c1-2-12(5-7(9)13)4-6-3-11-8(10)14-6/h3H,2,4-5H2,1H3,(H2,9,13)(H2,10,11). The number of amides is 1. The van der Waals surface area contributed by atoms with Crippen molar-refractivity contribution < 1.29 is 4.79 Å². The summed E-state index contributed by atoms with van der Waals surface area (Å²) >= 11 is 1.43. The zero-order valence-electron chi connectivity index (χ0n) is 8.06. The molecule has 0 bridgehead atoms. The number of carbonyl (C=O) groups is 1. The minimum Gasteiger partial charge on any atom is -0.375 e. The summed E-state index contributed by atoms with van der Waals surface area (Å²) in [7, 11) is 0. The SMILES string of the molecule is CCN(CC(N)=O)Cc1cnc(N)s1. The summed E-state index contributed by atoms with van der Waals surface area (Å²) in [4.78, 5) is 17.6. The molecule has 0 aliphatic carbocycles. The molecule has 0 saturated carbocycles. The monoisotopic (exact) mass is 214 g/mol. The van der Waals surface area contributed by atoms with Gasteiger partial charge in [-0.3, -0.25) is 9.69 Å². The van der Waals surface area contributed by atoms with E-state index in [1.165, 1.54) is 11.3 Å². The van der Waals surface area contributed by atoms with E-state index in [0.29, 0.717) is 11.7 Å². The first-order chi connectivity index (χ1) is 6.61. The molecule has 0 fully saturated rings. The molecule has 1 aromatic heterocycles. The molecule has 4 N–H and O–H groups in total. The first-order valence-corrected chi connectivity index (χ1v) is 5.14. The van der Waals surface area contributed by atoms with Crippen LogP contribution in [-0.2, 0) is 11.3 Å². The quantitative estimate of drug-likeness (QED) is 0.724. The summed E-state index contributed by atoms with van der Waals surface area (Å²) in [6.45, 7) is 3.71. The smallest absolute Gasteiger partial charge is 0.231 e. The van der Waals surface area contributed by atoms with E-state index in [4.69, 9.17) is 11.5 Å². The zero-order chi connectivity index (χ0) is 10.6. The van der Waals surface area contributed by atoms with Gasteiger partial charge in [-0.1, -0.05) is 6.92 Å². The third kappa shape index (κ3) is 3.31. The predicted octanol–water partition coefficient (Wildman–Crippen LogP) is 0.0325.